The minimum absolute atomic E-state index is 0.469. The lowest BCUT2D eigenvalue weighted by atomic mass is 9.95. The molecule has 1 aliphatic rings. The summed E-state index contributed by atoms with van der Waals surface area (Å²) in [5.41, 5.74) is 5.86. The SMILES string of the molecule is [2H]CC(=O)OC[C@H]1OC(N)[C@H](NC(C)=O)[C@@H](OC(=O)C[2H])[C@@H]1OC(=O)C[2H]. The summed E-state index contributed by atoms with van der Waals surface area (Å²) in [7, 11) is 0. The van der Waals surface area contributed by atoms with Crippen LogP contribution in [-0.2, 0) is 38.1 Å². The highest BCUT2D eigenvalue weighted by Crippen LogP contribution is 2.25. The van der Waals surface area contributed by atoms with Gasteiger partial charge in [-0.1, -0.05) is 0 Å². The zero-order valence-electron chi connectivity index (χ0n) is 16.1. The lowest BCUT2D eigenvalue weighted by molar-refractivity contribution is -0.222. The predicted molar refractivity (Wildman–Crippen MR) is 78.2 cm³/mol. The molecular weight excluding hydrogens is 324 g/mol. The summed E-state index contributed by atoms with van der Waals surface area (Å²) in [4.78, 5) is 46.0. The van der Waals surface area contributed by atoms with E-state index in [1.54, 1.807) is 0 Å². The first kappa shape index (κ1) is 15.3. The van der Waals surface area contributed by atoms with Gasteiger partial charge in [-0.05, 0) is 0 Å². The summed E-state index contributed by atoms with van der Waals surface area (Å²) in [6.45, 7) is -1.42. The zero-order valence-corrected chi connectivity index (χ0v) is 13.1. The van der Waals surface area contributed by atoms with E-state index in [2.05, 4.69) is 5.32 Å². The Morgan fingerprint density at radius 3 is 2.21 bits per heavy atom. The van der Waals surface area contributed by atoms with Gasteiger partial charge in [-0.15, -0.1) is 0 Å². The van der Waals surface area contributed by atoms with Gasteiger partial charge >= 0.3 is 17.9 Å². The van der Waals surface area contributed by atoms with Crippen molar-refractivity contribution in [3.63, 3.8) is 0 Å². The number of carbonyl (C=O) groups excluding carboxylic acids is 4. The van der Waals surface area contributed by atoms with E-state index in [1.165, 1.54) is 6.92 Å². The summed E-state index contributed by atoms with van der Waals surface area (Å²) < 4.78 is 41.6. The Hall–Kier alpha value is -2.20. The molecule has 1 saturated heterocycles. The quantitative estimate of drug-likeness (QED) is 0.452. The van der Waals surface area contributed by atoms with Crippen LogP contribution in [-0.4, -0.2) is 61.0 Å². The Kier molecular flexibility index (Phi) is 5.49. The number of hydrogen-bond acceptors (Lipinski definition) is 9. The highest BCUT2D eigenvalue weighted by Gasteiger charge is 2.49. The third kappa shape index (κ3) is 5.78. The molecule has 0 aromatic rings. The molecule has 0 spiro atoms. The van der Waals surface area contributed by atoms with Crippen LogP contribution in [0.25, 0.3) is 0 Å². The average Bonchev–Trinajstić information content (AvgIpc) is 2.64. The van der Waals surface area contributed by atoms with Gasteiger partial charge in [0.2, 0.25) is 5.91 Å². The molecule has 10 heteroatoms. The Balaban J connectivity index is 3.15. The second kappa shape index (κ2) is 8.60. The predicted octanol–water partition coefficient (Wildman–Crippen LogP) is -1.40. The fraction of sp³-hybridized carbons (Fsp3) is 0.714. The van der Waals surface area contributed by atoms with E-state index in [0.29, 0.717) is 0 Å². The molecule has 24 heavy (non-hydrogen) atoms. The van der Waals surface area contributed by atoms with Gasteiger partial charge in [0.05, 0.1) is 0 Å². The number of nitrogens with one attached hydrogen (secondary N) is 1. The fourth-order valence-corrected chi connectivity index (χ4v) is 2.26. The molecule has 1 rings (SSSR count). The number of amides is 1. The van der Waals surface area contributed by atoms with Crippen molar-refractivity contribution in [3.8, 4) is 0 Å². The minimum Gasteiger partial charge on any atom is -0.463 e. The number of esters is 3. The van der Waals surface area contributed by atoms with E-state index in [0.717, 1.165) is 0 Å². The molecule has 0 aromatic carbocycles. The highest BCUT2D eigenvalue weighted by atomic mass is 16.6. The third-order valence-corrected chi connectivity index (χ3v) is 3.04. The van der Waals surface area contributed by atoms with Gasteiger partial charge in [-0.3, -0.25) is 19.2 Å². The summed E-state index contributed by atoms with van der Waals surface area (Å²) in [5, 5.41) is 2.43. The second-order valence-electron chi connectivity index (χ2n) is 4.96. The van der Waals surface area contributed by atoms with Crippen LogP contribution >= 0.6 is 0 Å². The molecule has 0 aromatic heterocycles. The van der Waals surface area contributed by atoms with Crippen molar-refractivity contribution < 1.29 is 42.2 Å². The Labute approximate surface area is 143 Å². The van der Waals surface area contributed by atoms with E-state index >= 15 is 0 Å². The Morgan fingerprint density at radius 1 is 1.08 bits per heavy atom. The van der Waals surface area contributed by atoms with Crippen LogP contribution in [0, 0.1) is 0 Å². The summed E-state index contributed by atoms with van der Waals surface area (Å²) in [6.07, 6.45) is -5.11. The van der Waals surface area contributed by atoms with Gasteiger partial charge in [0.25, 0.3) is 0 Å². The van der Waals surface area contributed by atoms with Crippen LogP contribution in [0.15, 0.2) is 0 Å². The van der Waals surface area contributed by atoms with Crippen LogP contribution < -0.4 is 11.1 Å². The number of hydrogen-bond donors (Lipinski definition) is 2. The van der Waals surface area contributed by atoms with Gasteiger partial charge in [-0.2, -0.15) is 0 Å². The monoisotopic (exact) mass is 349 g/mol. The molecule has 1 amide bonds. The van der Waals surface area contributed by atoms with Crippen LogP contribution in [0.1, 0.15) is 31.7 Å². The topological polar surface area (TPSA) is 143 Å². The maximum absolute atomic E-state index is 11.6. The van der Waals surface area contributed by atoms with Crippen molar-refractivity contribution in [3.05, 3.63) is 0 Å². The minimum atomic E-state index is -1.37. The summed E-state index contributed by atoms with van der Waals surface area (Å²) in [6, 6.07) is -1.12. The molecule has 0 bridgehead atoms. The first-order valence-electron chi connectivity index (χ1n) is 8.96. The van der Waals surface area contributed by atoms with E-state index in [-0.39, 0.29) is 0 Å². The van der Waals surface area contributed by atoms with Crippen molar-refractivity contribution in [1.82, 2.24) is 5.32 Å². The van der Waals surface area contributed by atoms with Gasteiger partial charge in [0, 0.05) is 31.7 Å². The summed E-state index contributed by atoms with van der Waals surface area (Å²) in [5.74, 6) is -3.36. The molecular formula is C14H22N2O8. The highest BCUT2D eigenvalue weighted by molar-refractivity contribution is 5.73. The van der Waals surface area contributed by atoms with Crippen LogP contribution in [0.5, 0.6) is 0 Å². The first-order chi connectivity index (χ1) is 12.7. The normalized spacial score (nSPS) is 30.9. The largest absolute Gasteiger partial charge is 0.463 e. The van der Waals surface area contributed by atoms with Crippen molar-refractivity contribution >= 4 is 23.8 Å². The molecule has 0 aliphatic carbocycles. The third-order valence-electron chi connectivity index (χ3n) is 3.04. The maximum atomic E-state index is 11.6. The smallest absolute Gasteiger partial charge is 0.303 e. The molecule has 1 unspecified atom stereocenters. The molecule has 5 atom stereocenters. The Bertz CT molecular complexity index is 564. The van der Waals surface area contributed by atoms with E-state index in [1.807, 2.05) is 0 Å². The van der Waals surface area contributed by atoms with Crippen molar-refractivity contribution in [2.45, 2.75) is 58.2 Å². The van der Waals surface area contributed by atoms with Gasteiger partial charge < -0.3 is 30.0 Å². The molecule has 1 aliphatic heterocycles. The van der Waals surface area contributed by atoms with E-state index in [9.17, 15) is 19.2 Å². The van der Waals surface area contributed by atoms with Crippen molar-refractivity contribution in [2.75, 3.05) is 6.61 Å². The molecule has 3 N–H and O–H groups in total. The number of ether oxygens (including phenoxy) is 4. The van der Waals surface area contributed by atoms with Gasteiger partial charge in [0.15, 0.2) is 12.2 Å². The molecule has 10 nitrogen and oxygen atoms in total. The fourth-order valence-electron chi connectivity index (χ4n) is 2.26. The molecule has 1 heterocycles. The molecule has 1 fully saturated rings. The molecule has 136 valence electrons. The number of nitrogens with two attached hydrogens (primary N) is 1. The summed E-state index contributed by atoms with van der Waals surface area (Å²) >= 11 is 0. The number of rotatable bonds is 5. The second-order valence-corrected chi connectivity index (χ2v) is 4.96. The standard InChI is InChI=1S/C14H22N2O8/c1-6(17)16-11-13(23-9(4)20)12(22-8(3)19)10(24-14(11)15)5-21-7(2)18/h10-14H,5,15H2,1-4H3,(H,16,17)/t10-,11-,12-,13-,14?/m1/s1/i2D,3D,4D. The molecule has 0 radical (unpaired) electrons. The van der Waals surface area contributed by atoms with Gasteiger partial charge in [-0.25, -0.2) is 0 Å². The van der Waals surface area contributed by atoms with Crippen LogP contribution in [0.2, 0.25) is 0 Å². The molecule has 0 saturated carbocycles. The van der Waals surface area contributed by atoms with Crippen molar-refractivity contribution in [2.24, 2.45) is 5.73 Å². The Morgan fingerprint density at radius 2 is 1.67 bits per heavy atom. The van der Waals surface area contributed by atoms with Crippen LogP contribution in [0.3, 0.4) is 0 Å². The van der Waals surface area contributed by atoms with Gasteiger partial charge in [0.1, 0.15) is 25.0 Å². The van der Waals surface area contributed by atoms with Crippen molar-refractivity contribution in [1.29, 1.82) is 0 Å². The van der Waals surface area contributed by atoms with E-state index in [4.69, 9.17) is 28.8 Å². The number of carbonyl (C=O) groups is 4. The lowest BCUT2D eigenvalue weighted by Gasteiger charge is -2.44. The van der Waals surface area contributed by atoms with E-state index < -0.39 is 81.7 Å². The first-order valence-corrected chi connectivity index (χ1v) is 6.83. The lowest BCUT2D eigenvalue weighted by Crippen LogP contribution is -2.68. The zero-order chi connectivity index (χ0) is 20.6. The average molecular weight is 349 g/mol. The van der Waals surface area contributed by atoms with Crippen LogP contribution in [0.4, 0.5) is 0 Å². The maximum Gasteiger partial charge on any atom is 0.303 e.